The third kappa shape index (κ3) is 2.59. The number of benzene rings is 3. The van der Waals surface area contributed by atoms with Gasteiger partial charge >= 0.3 is 0 Å². The molecule has 0 aliphatic heterocycles. The van der Waals surface area contributed by atoms with E-state index < -0.39 is 0 Å². The molecule has 0 N–H and O–H groups in total. The maximum absolute atomic E-state index is 13.4. The van der Waals surface area contributed by atoms with Crippen LogP contribution >= 0.6 is 15.9 Å². The van der Waals surface area contributed by atoms with Crippen molar-refractivity contribution in [3.05, 3.63) is 99.8 Å². The molecule has 0 aliphatic rings. The van der Waals surface area contributed by atoms with Gasteiger partial charge in [0.2, 0.25) is 0 Å². The van der Waals surface area contributed by atoms with Gasteiger partial charge in [-0.05, 0) is 30.3 Å². The van der Waals surface area contributed by atoms with Gasteiger partial charge in [0, 0.05) is 16.1 Å². The van der Waals surface area contributed by atoms with Crippen LogP contribution in [0.1, 0.15) is 0 Å². The molecule has 130 valence electrons. The lowest BCUT2D eigenvalue weighted by Gasteiger charge is -2.11. The summed E-state index contributed by atoms with van der Waals surface area (Å²) in [6.07, 6.45) is 0. The Labute approximate surface area is 163 Å². The van der Waals surface area contributed by atoms with Crippen LogP contribution in [0.15, 0.2) is 94.2 Å². The van der Waals surface area contributed by atoms with E-state index >= 15 is 0 Å². The molecule has 5 heteroatoms. The number of aromatic nitrogens is 3. The molecule has 5 rings (SSSR count). The summed E-state index contributed by atoms with van der Waals surface area (Å²) in [5.41, 5.74) is 4.06. The normalized spacial score (nSPS) is 11.3. The Hall–Kier alpha value is -3.18. The van der Waals surface area contributed by atoms with E-state index in [1.165, 1.54) is 0 Å². The number of halogens is 1. The second-order valence-electron chi connectivity index (χ2n) is 6.29. The minimum Gasteiger partial charge on any atom is -0.267 e. The van der Waals surface area contributed by atoms with Gasteiger partial charge in [-0.25, -0.2) is 9.67 Å². The van der Waals surface area contributed by atoms with Crippen LogP contribution in [0, 0.1) is 0 Å². The number of nitrogens with zero attached hydrogens (tertiary/aromatic N) is 3. The van der Waals surface area contributed by atoms with E-state index in [-0.39, 0.29) is 5.56 Å². The van der Waals surface area contributed by atoms with Gasteiger partial charge in [0.25, 0.3) is 5.56 Å². The monoisotopic (exact) mass is 415 g/mol. The molecule has 0 unspecified atom stereocenters. The molecule has 2 aromatic heterocycles. The fourth-order valence-corrected chi connectivity index (χ4v) is 3.74. The Kier molecular flexibility index (Phi) is 3.69. The summed E-state index contributed by atoms with van der Waals surface area (Å²) in [6.45, 7) is 0. The highest BCUT2D eigenvalue weighted by molar-refractivity contribution is 9.10. The zero-order valence-electron chi connectivity index (χ0n) is 14.2. The Morgan fingerprint density at radius 2 is 1.52 bits per heavy atom. The van der Waals surface area contributed by atoms with Crippen LogP contribution in [-0.2, 0) is 0 Å². The zero-order chi connectivity index (χ0) is 18.4. The molecule has 2 heterocycles. The number of para-hydroxylation sites is 1. The van der Waals surface area contributed by atoms with E-state index in [0.717, 1.165) is 21.4 Å². The second kappa shape index (κ2) is 6.21. The maximum atomic E-state index is 13.4. The van der Waals surface area contributed by atoms with Gasteiger partial charge in [0.15, 0.2) is 5.65 Å². The minimum atomic E-state index is -0.0951. The Balaban J connectivity index is 1.97. The number of hydrogen-bond donors (Lipinski definition) is 0. The van der Waals surface area contributed by atoms with Crippen LogP contribution in [0.3, 0.4) is 0 Å². The third-order valence-corrected chi connectivity index (χ3v) is 5.09. The van der Waals surface area contributed by atoms with Gasteiger partial charge in [-0.1, -0.05) is 64.5 Å². The lowest BCUT2D eigenvalue weighted by atomic mass is 10.1. The number of hydrogen-bond acceptors (Lipinski definition) is 2. The average Bonchev–Trinajstić information content (AvgIpc) is 3.10. The first-order valence-corrected chi connectivity index (χ1v) is 9.36. The lowest BCUT2D eigenvalue weighted by molar-refractivity contribution is 0.778. The SMILES string of the molecule is O=c1c2cc(Br)ccc2nc2cc(-c3ccccc3)n(-c3ccccc3)n12. The van der Waals surface area contributed by atoms with Crippen molar-refractivity contribution in [3.8, 4) is 16.9 Å². The third-order valence-electron chi connectivity index (χ3n) is 4.60. The molecule has 0 bridgehead atoms. The predicted octanol–water partition coefficient (Wildman–Crippen LogP) is 5.07. The molecule has 5 aromatic rings. The van der Waals surface area contributed by atoms with Crippen LogP contribution in [0.5, 0.6) is 0 Å². The van der Waals surface area contributed by atoms with Crippen molar-refractivity contribution in [1.29, 1.82) is 0 Å². The van der Waals surface area contributed by atoms with Gasteiger partial charge in [-0.15, -0.1) is 0 Å². The van der Waals surface area contributed by atoms with Crippen molar-refractivity contribution >= 4 is 32.5 Å². The van der Waals surface area contributed by atoms with E-state index in [1.54, 1.807) is 4.52 Å². The summed E-state index contributed by atoms with van der Waals surface area (Å²) in [6, 6.07) is 27.5. The first kappa shape index (κ1) is 16.0. The van der Waals surface area contributed by atoms with E-state index in [9.17, 15) is 4.79 Å². The quantitative estimate of drug-likeness (QED) is 0.403. The average molecular weight is 416 g/mol. The minimum absolute atomic E-state index is 0.0951. The van der Waals surface area contributed by atoms with Gasteiger partial charge in [0.1, 0.15) is 0 Å². The molecular formula is C22H14BrN3O. The molecule has 0 amide bonds. The van der Waals surface area contributed by atoms with Gasteiger partial charge in [-0.2, -0.15) is 4.52 Å². The Morgan fingerprint density at radius 1 is 0.815 bits per heavy atom. The standard InChI is InChI=1S/C22H14BrN3O/c23-16-11-12-19-18(13-16)22(27)26-21(24-19)14-20(15-7-3-1-4-8-15)25(26)17-9-5-2-6-10-17/h1-14H. The molecular weight excluding hydrogens is 402 g/mol. The fourth-order valence-electron chi connectivity index (χ4n) is 3.38. The van der Waals surface area contributed by atoms with Crippen molar-refractivity contribution in [1.82, 2.24) is 14.2 Å². The lowest BCUT2D eigenvalue weighted by Crippen LogP contribution is -2.21. The largest absolute Gasteiger partial charge is 0.281 e. The van der Waals surface area contributed by atoms with Crippen molar-refractivity contribution in [2.24, 2.45) is 0 Å². The highest BCUT2D eigenvalue weighted by Crippen LogP contribution is 2.26. The van der Waals surface area contributed by atoms with Crippen LogP contribution in [0.2, 0.25) is 0 Å². The summed E-state index contributed by atoms with van der Waals surface area (Å²) in [4.78, 5) is 18.1. The van der Waals surface area contributed by atoms with Crippen LogP contribution in [-0.4, -0.2) is 14.2 Å². The Morgan fingerprint density at radius 3 is 2.26 bits per heavy atom. The molecule has 0 fully saturated rings. The predicted molar refractivity (Wildman–Crippen MR) is 111 cm³/mol. The molecule has 4 nitrogen and oxygen atoms in total. The summed E-state index contributed by atoms with van der Waals surface area (Å²) in [5.74, 6) is 0. The van der Waals surface area contributed by atoms with Crippen molar-refractivity contribution in [2.45, 2.75) is 0 Å². The number of fused-ring (bicyclic) bond motifs is 2. The molecule has 0 saturated carbocycles. The topological polar surface area (TPSA) is 39.3 Å². The van der Waals surface area contributed by atoms with Gasteiger partial charge in [-0.3, -0.25) is 4.79 Å². The first-order valence-electron chi connectivity index (χ1n) is 8.57. The molecule has 0 spiro atoms. The summed E-state index contributed by atoms with van der Waals surface area (Å²) >= 11 is 3.45. The summed E-state index contributed by atoms with van der Waals surface area (Å²) in [5, 5.41) is 0.580. The maximum Gasteiger partial charge on any atom is 0.281 e. The van der Waals surface area contributed by atoms with Crippen LogP contribution in [0.25, 0.3) is 33.5 Å². The van der Waals surface area contributed by atoms with E-state index in [1.807, 2.05) is 89.6 Å². The van der Waals surface area contributed by atoms with Crippen LogP contribution < -0.4 is 5.56 Å². The Bertz CT molecular complexity index is 1340. The molecule has 3 aromatic carbocycles. The molecule has 0 saturated heterocycles. The molecule has 0 aliphatic carbocycles. The van der Waals surface area contributed by atoms with E-state index in [2.05, 4.69) is 15.9 Å². The summed E-state index contributed by atoms with van der Waals surface area (Å²) < 4.78 is 4.43. The molecule has 0 atom stereocenters. The summed E-state index contributed by atoms with van der Waals surface area (Å²) in [7, 11) is 0. The van der Waals surface area contributed by atoms with Crippen molar-refractivity contribution in [3.63, 3.8) is 0 Å². The second-order valence-corrected chi connectivity index (χ2v) is 7.21. The smallest absolute Gasteiger partial charge is 0.267 e. The first-order chi connectivity index (χ1) is 13.2. The van der Waals surface area contributed by atoms with Gasteiger partial charge < -0.3 is 0 Å². The zero-order valence-corrected chi connectivity index (χ0v) is 15.8. The number of rotatable bonds is 2. The van der Waals surface area contributed by atoms with Crippen molar-refractivity contribution in [2.75, 3.05) is 0 Å². The van der Waals surface area contributed by atoms with Crippen LogP contribution in [0.4, 0.5) is 0 Å². The van der Waals surface area contributed by atoms with E-state index in [4.69, 9.17) is 4.98 Å². The van der Waals surface area contributed by atoms with Gasteiger partial charge in [0.05, 0.1) is 22.3 Å². The molecule has 27 heavy (non-hydrogen) atoms. The highest BCUT2D eigenvalue weighted by atomic mass is 79.9. The van der Waals surface area contributed by atoms with Crippen molar-refractivity contribution < 1.29 is 0 Å². The highest BCUT2D eigenvalue weighted by Gasteiger charge is 2.16. The van der Waals surface area contributed by atoms with E-state index in [0.29, 0.717) is 16.6 Å². The fraction of sp³-hybridized carbons (Fsp3) is 0. The molecule has 0 radical (unpaired) electrons.